The van der Waals surface area contributed by atoms with E-state index < -0.39 is 0 Å². The van der Waals surface area contributed by atoms with E-state index in [1.807, 2.05) is 30.3 Å². The first-order chi connectivity index (χ1) is 5.95. The summed E-state index contributed by atoms with van der Waals surface area (Å²) in [6.45, 7) is 0. The summed E-state index contributed by atoms with van der Waals surface area (Å²) in [5.41, 5.74) is 0. The van der Waals surface area contributed by atoms with E-state index in [2.05, 4.69) is 0 Å². The van der Waals surface area contributed by atoms with Gasteiger partial charge in [-0.3, -0.25) is 0 Å². The maximum absolute atomic E-state index is 5.33. The molecule has 0 aromatic heterocycles. The Morgan fingerprint density at radius 3 is 2.58 bits per heavy atom. The van der Waals surface area contributed by atoms with Crippen LogP contribution in [0, 0.1) is 0 Å². The first-order valence-corrected chi connectivity index (χ1v) is 4.24. The lowest BCUT2D eigenvalue weighted by Gasteiger charge is -2.03. The summed E-state index contributed by atoms with van der Waals surface area (Å²) in [7, 11) is 0.384. The number of benzene rings is 1. The normalized spacial score (nSPS) is 15.7. The second-order valence-electron chi connectivity index (χ2n) is 2.94. The third kappa shape index (κ3) is 2.27. The highest BCUT2D eigenvalue weighted by molar-refractivity contribution is 6.19. The minimum Gasteiger partial charge on any atom is -0.539 e. The topological polar surface area (TPSA) is 18.5 Å². The van der Waals surface area contributed by atoms with E-state index in [4.69, 9.17) is 9.31 Å². The van der Waals surface area contributed by atoms with Crippen molar-refractivity contribution < 1.29 is 9.31 Å². The van der Waals surface area contributed by atoms with Gasteiger partial charge in [-0.05, 0) is 25.0 Å². The molecule has 1 saturated carbocycles. The highest BCUT2D eigenvalue weighted by atomic mass is 16.6. The van der Waals surface area contributed by atoms with Gasteiger partial charge in [0.15, 0.2) is 0 Å². The quantitative estimate of drug-likeness (QED) is 0.624. The van der Waals surface area contributed by atoms with Gasteiger partial charge in [-0.2, -0.15) is 0 Å². The van der Waals surface area contributed by atoms with Crippen molar-refractivity contribution in [1.82, 2.24) is 0 Å². The molecule has 0 N–H and O–H groups in total. The highest BCUT2D eigenvalue weighted by Crippen LogP contribution is 2.22. The standard InChI is InChI=1S/C9H11BO2/c1-2-4-8(5-3-1)11-10-12-9-6-7-9/h1-5,9-10H,6-7H2. The number of hydrogen-bond acceptors (Lipinski definition) is 2. The zero-order valence-corrected chi connectivity index (χ0v) is 6.90. The molecule has 1 aliphatic rings. The fourth-order valence-electron chi connectivity index (χ4n) is 0.950. The van der Waals surface area contributed by atoms with E-state index in [9.17, 15) is 0 Å². The van der Waals surface area contributed by atoms with E-state index in [0.29, 0.717) is 13.8 Å². The van der Waals surface area contributed by atoms with E-state index in [-0.39, 0.29) is 0 Å². The Kier molecular flexibility index (Phi) is 2.32. The molecular weight excluding hydrogens is 151 g/mol. The molecule has 0 unspecified atom stereocenters. The van der Waals surface area contributed by atoms with Crippen molar-refractivity contribution in [2.75, 3.05) is 0 Å². The number of para-hydroxylation sites is 1. The summed E-state index contributed by atoms with van der Waals surface area (Å²) < 4.78 is 10.7. The molecule has 1 fully saturated rings. The Balaban J connectivity index is 1.72. The van der Waals surface area contributed by atoms with Gasteiger partial charge in [0, 0.05) is 6.10 Å². The van der Waals surface area contributed by atoms with Crippen molar-refractivity contribution in [2.45, 2.75) is 18.9 Å². The van der Waals surface area contributed by atoms with Crippen molar-refractivity contribution in [3.63, 3.8) is 0 Å². The lowest BCUT2D eigenvalue weighted by Crippen LogP contribution is -2.08. The van der Waals surface area contributed by atoms with Crippen LogP contribution in [0.15, 0.2) is 30.3 Å². The summed E-state index contributed by atoms with van der Waals surface area (Å²) in [5, 5.41) is 0. The van der Waals surface area contributed by atoms with Crippen molar-refractivity contribution >= 4 is 7.69 Å². The van der Waals surface area contributed by atoms with Gasteiger partial charge in [-0.25, -0.2) is 0 Å². The fourth-order valence-corrected chi connectivity index (χ4v) is 0.950. The predicted octanol–water partition coefficient (Wildman–Crippen LogP) is 1.51. The molecule has 12 heavy (non-hydrogen) atoms. The zero-order valence-electron chi connectivity index (χ0n) is 6.90. The molecule has 3 heteroatoms. The molecule has 2 nitrogen and oxygen atoms in total. The van der Waals surface area contributed by atoms with Crippen LogP contribution in [0.2, 0.25) is 0 Å². The van der Waals surface area contributed by atoms with Crippen LogP contribution in [-0.4, -0.2) is 13.8 Å². The minimum absolute atomic E-state index is 0.384. The molecule has 1 aromatic carbocycles. The van der Waals surface area contributed by atoms with Crippen LogP contribution < -0.4 is 4.65 Å². The van der Waals surface area contributed by atoms with Gasteiger partial charge < -0.3 is 9.31 Å². The van der Waals surface area contributed by atoms with Crippen LogP contribution in [0.4, 0.5) is 0 Å². The van der Waals surface area contributed by atoms with Gasteiger partial charge >= 0.3 is 7.69 Å². The van der Waals surface area contributed by atoms with Gasteiger partial charge in [0.05, 0.1) is 0 Å². The van der Waals surface area contributed by atoms with E-state index >= 15 is 0 Å². The third-order valence-corrected chi connectivity index (χ3v) is 1.80. The first-order valence-electron chi connectivity index (χ1n) is 4.24. The average Bonchev–Trinajstić information content (AvgIpc) is 2.90. The zero-order chi connectivity index (χ0) is 8.23. The van der Waals surface area contributed by atoms with Crippen LogP contribution in [0.3, 0.4) is 0 Å². The molecule has 0 amide bonds. The molecule has 0 aliphatic heterocycles. The SMILES string of the molecule is B(Oc1ccccc1)OC1CC1. The molecular formula is C9H11BO2. The summed E-state index contributed by atoms with van der Waals surface area (Å²) in [6, 6.07) is 9.72. The Bertz CT molecular complexity index is 234. The fraction of sp³-hybridized carbons (Fsp3) is 0.333. The predicted molar refractivity (Wildman–Crippen MR) is 48.3 cm³/mol. The lowest BCUT2D eigenvalue weighted by atomic mass is 10.3. The highest BCUT2D eigenvalue weighted by Gasteiger charge is 2.22. The van der Waals surface area contributed by atoms with Crippen LogP contribution in [0.5, 0.6) is 5.75 Å². The summed E-state index contributed by atoms with van der Waals surface area (Å²) in [5.74, 6) is 0.873. The third-order valence-electron chi connectivity index (χ3n) is 1.80. The first kappa shape index (κ1) is 7.68. The van der Waals surface area contributed by atoms with Crippen LogP contribution in [0.25, 0.3) is 0 Å². The molecule has 0 atom stereocenters. The van der Waals surface area contributed by atoms with Crippen molar-refractivity contribution in [3.05, 3.63) is 30.3 Å². The Morgan fingerprint density at radius 2 is 1.92 bits per heavy atom. The maximum Gasteiger partial charge on any atom is 0.507 e. The van der Waals surface area contributed by atoms with Crippen molar-refractivity contribution in [2.24, 2.45) is 0 Å². The van der Waals surface area contributed by atoms with Gasteiger partial charge in [0.2, 0.25) is 0 Å². The number of rotatable bonds is 4. The smallest absolute Gasteiger partial charge is 0.507 e. The van der Waals surface area contributed by atoms with Gasteiger partial charge in [-0.15, -0.1) is 0 Å². The van der Waals surface area contributed by atoms with Gasteiger partial charge in [0.1, 0.15) is 5.75 Å². The minimum atomic E-state index is 0.384. The van der Waals surface area contributed by atoms with Crippen LogP contribution in [-0.2, 0) is 4.65 Å². The summed E-state index contributed by atoms with van der Waals surface area (Å²) >= 11 is 0. The molecule has 1 aliphatic carbocycles. The molecule has 62 valence electrons. The Hall–Kier alpha value is -0.955. The van der Waals surface area contributed by atoms with Gasteiger partial charge in [0.25, 0.3) is 0 Å². The van der Waals surface area contributed by atoms with Crippen molar-refractivity contribution in [3.8, 4) is 5.75 Å². The average molecular weight is 162 g/mol. The van der Waals surface area contributed by atoms with Crippen molar-refractivity contribution in [1.29, 1.82) is 0 Å². The van der Waals surface area contributed by atoms with E-state index in [0.717, 1.165) is 5.75 Å². The largest absolute Gasteiger partial charge is 0.539 e. The Morgan fingerprint density at radius 1 is 1.17 bits per heavy atom. The van der Waals surface area contributed by atoms with Crippen LogP contribution >= 0.6 is 0 Å². The van der Waals surface area contributed by atoms with Crippen LogP contribution in [0.1, 0.15) is 12.8 Å². The lowest BCUT2D eigenvalue weighted by molar-refractivity contribution is 0.276. The molecule has 1 aromatic rings. The molecule has 0 radical (unpaired) electrons. The molecule has 0 bridgehead atoms. The number of hydrogen-bond donors (Lipinski definition) is 0. The van der Waals surface area contributed by atoms with Gasteiger partial charge in [-0.1, -0.05) is 18.2 Å². The molecule has 0 heterocycles. The molecule has 0 spiro atoms. The summed E-state index contributed by atoms with van der Waals surface area (Å²) in [6.07, 6.45) is 2.85. The summed E-state index contributed by atoms with van der Waals surface area (Å²) in [4.78, 5) is 0. The molecule has 2 rings (SSSR count). The van der Waals surface area contributed by atoms with E-state index in [1.165, 1.54) is 12.8 Å². The second-order valence-corrected chi connectivity index (χ2v) is 2.94. The monoisotopic (exact) mass is 162 g/mol. The maximum atomic E-state index is 5.33. The van der Waals surface area contributed by atoms with E-state index in [1.54, 1.807) is 0 Å². The Labute approximate surface area is 72.8 Å². The molecule has 0 saturated heterocycles. The second kappa shape index (κ2) is 3.63.